The third-order valence-electron chi connectivity index (χ3n) is 2.95. The van der Waals surface area contributed by atoms with Crippen LogP contribution in [0.4, 0.5) is 0 Å². The number of nitrogens with two attached hydrogens (primary N) is 1. The molecule has 0 heterocycles. The molecule has 0 spiro atoms. The third-order valence-corrected chi connectivity index (χ3v) is 3.28. The lowest BCUT2D eigenvalue weighted by Crippen LogP contribution is -1.94. The standard InChI is InChI=1S/C16H16ClN/c1-12(10-11-18)13-6-8-14(9-7-13)15-4-2-3-5-16(15)17/h2-10H,11,18H2,1H3. The zero-order valence-corrected chi connectivity index (χ0v) is 11.1. The lowest BCUT2D eigenvalue weighted by atomic mass is 10.0. The number of hydrogen-bond acceptors (Lipinski definition) is 1. The predicted molar refractivity (Wildman–Crippen MR) is 79.6 cm³/mol. The van der Waals surface area contributed by atoms with Crippen LogP contribution in [-0.4, -0.2) is 6.54 Å². The first-order chi connectivity index (χ1) is 8.72. The van der Waals surface area contributed by atoms with Crippen LogP contribution in [0.25, 0.3) is 16.7 Å². The monoisotopic (exact) mass is 257 g/mol. The zero-order chi connectivity index (χ0) is 13.0. The quantitative estimate of drug-likeness (QED) is 0.868. The van der Waals surface area contributed by atoms with Crippen LogP contribution in [0.2, 0.25) is 5.02 Å². The van der Waals surface area contributed by atoms with Crippen molar-refractivity contribution in [1.82, 2.24) is 0 Å². The summed E-state index contributed by atoms with van der Waals surface area (Å²) < 4.78 is 0. The molecule has 0 radical (unpaired) electrons. The number of rotatable bonds is 3. The van der Waals surface area contributed by atoms with Gasteiger partial charge in [-0.25, -0.2) is 0 Å². The molecule has 0 saturated heterocycles. The highest BCUT2D eigenvalue weighted by Crippen LogP contribution is 2.28. The Morgan fingerprint density at radius 1 is 1.11 bits per heavy atom. The molecular formula is C16H16ClN. The minimum atomic E-state index is 0.568. The first-order valence-corrected chi connectivity index (χ1v) is 6.32. The van der Waals surface area contributed by atoms with Crippen molar-refractivity contribution in [2.24, 2.45) is 5.73 Å². The molecule has 0 aromatic heterocycles. The van der Waals surface area contributed by atoms with E-state index in [2.05, 4.69) is 31.2 Å². The van der Waals surface area contributed by atoms with Gasteiger partial charge >= 0.3 is 0 Å². The summed E-state index contributed by atoms with van der Waals surface area (Å²) in [6.07, 6.45) is 2.02. The summed E-state index contributed by atoms with van der Waals surface area (Å²) in [5.74, 6) is 0. The highest BCUT2D eigenvalue weighted by molar-refractivity contribution is 6.33. The molecule has 0 aliphatic heterocycles. The minimum absolute atomic E-state index is 0.568. The van der Waals surface area contributed by atoms with Crippen molar-refractivity contribution in [2.45, 2.75) is 6.92 Å². The normalized spacial score (nSPS) is 11.6. The van der Waals surface area contributed by atoms with Crippen molar-refractivity contribution >= 4 is 17.2 Å². The van der Waals surface area contributed by atoms with Crippen molar-refractivity contribution in [2.75, 3.05) is 6.54 Å². The van der Waals surface area contributed by atoms with Crippen molar-refractivity contribution in [3.8, 4) is 11.1 Å². The number of benzene rings is 2. The first kappa shape index (κ1) is 12.9. The molecule has 0 unspecified atom stereocenters. The second kappa shape index (κ2) is 5.85. The highest BCUT2D eigenvalue weighted by Gasteiger charge is 2.02. The van der Waals surface area contributed by atoms with Gasteiger partial charge in [-0.3, -0.25) is 0 Å². The Morgan fingerprint density at radius 2 is 1.78 bits per heavy atom. The van der Waals surface area contributed by atoms with E-state index in [1.165, 1.54) is 11.1 Å². The van der Waals surface area contributed by atoms with Gasteiger partial charge in [0.1, 0.15) is 0 Å². The van der Waals surface area contributed by atoms with Crippen LogP contribution >= 0.6 is 11.6 Å². The van der Waals surface area contributed by atoms with E-state index >= 15 is 0 Å². The maximum absolute atomic E-state index is 6.18. The van der Waals surface area contributed by atoms with Crippen molar-refractivity contribution in [3.63, 3.8) is 0 Å². The Bertz CT molecular complexity index is 556. The van der Waals surface area contributed by atoms with Crippen LogP contribution in [-0.2, 0) is 0 Å². The van der Waals surface area contributed by atoms with Crippen LogP contribution in [0.5, 0.6) is 0 Å². The summed E-state index contributed by atoms with van der Waals surface area (Å²) in [6.45, 7) is 2.63. The van der Waals surface area contributed by atoms with E-state index in [0.29, 0.717) is 6.54 Å². The van der Waals surface area contributed by atoms with E-state index in [1.54, 1.807) is 0 Å². The lowest BCUT2D eigenvalue weighted by Gasteiger charge is -2.06. The van der Waals surface area contributed by atoms with Gasteiger partial charge in [0.2, 0.25) is 0 Å². The fourth-order valence-corrected chi connectivity index (χ4v) is 2.15. The maximum Gasteiger partial charge on any atom is 0.0484 e. The number of hydrogen-bond donors (Lipinski definition) is 1. The molecular weight excluding hydrogens is 242 g/mol. The smallest absolute Gasteiger partial charge is 0.0484 e. The topological polar surface area (TPSA) is 26.0 Å². The summed E-state index contributed by atoms with van der Waals surface area (Å²) in [5.41, 5.74) is 10.1. The lowest BCUT2D eigenvalue weighted by molar-refractivity contribution is 1.25. The summed E-state index contributed by atoms with van der Waals surface area (Å²) >= 11 is 6.18. The Morgan fingerprint density at radius 3 is 2.39 bits per heavy atom. The van der Waals surface area contributed by atoms with Crippen molar-refractivity contribution in [1.29, 1.82) is 0 Å². The van der Waals surface area contributed by atoms with Crippen LogP contribution in [0.1, 0.15) is 12.5 Å². The molecule has 2 aromatic rings. The molecule has 0 aliphatic rings. The van der Waals surface area contributed by atoms with Crippen LogP contribution in [0.15, 0.2) is 54.6 Å². The first-order valence-electron chi connectivity index (χ1n) is 5.94. The molecule has 0 bridgehead atoms. The Balaban J connectivity index is 2.34. The Hall–Kier alpha value is -1.57. The zero-order valence-electron chi connectivity index (χ0n) is 10.4. The summed E-state index contributed by atoms with van der Waals surface area (Å²) in [4.78, 5) is 0. The fourth-order valence-electron chi connectivity index (χ4n) is 1.90. The second-order valence-corrected chi connectivity index (χ2v) is 4.59. The van der Waals surface area contributed by atoms with Gasteiger partial charge in [-0.1, -0.05) is 60.1 Å². The van der Waals surface area contributed by atoms with E-state index in [0.717, 1.165) is 16.1 Å². The molecule has 92 valence electrons. The largest absolute Gasteiger partial charge is 0.327 e. The Kier molecular flexibility index (Phi) is 4.19. The number of halogens is 1. The van der Waals surface area contributed by atoms with E-state index in [-0.39, 0.29) is 0 Å². The van der Waals surface area contributed by atoms with Gasteiger partial charge in [0.15, 0.2) is 0 Å². The van der Waals surface area contributed by atoms with Crippen LogP contribution in [0, 0.1) is 0 Å². The van der Waals surface area contributed by atoms with Crippen molar-refractivity contribution in [3.05, 3.63) is 65.2 Å². The molecule has 0 amide bonds. The molecule has 0 atom stereocenters. The summed E-state index contributed by atoms with van der Waals surface area (Å²) in [5, 5.41) is 0.777. The average Bonchev–Trinajstić information content (AvgIpc) is 2.40. The van der Waals surface area contributed by atoms with E-state index < -0.39 is 0 Å². The molecule has 2 rings (SSSR count). The second-order valence-electron chi connectivity index (χ2n) is 4.18. The summed E-state index contributed by atoms with van der Waals surface area (Å²) in [6, 6.07) is 16.2. The van der Waals surface area contributed by atoms with Gasteiger partial charge in [0, 0.05) is 17.1 Å². The fraction of sp³-hybridized carbons (Fsp3) is 0.125. The van der Waals surface area contributed by atoms with Gasteiger partial charge in [-0.05, 0) is 29.7 Å². The van der Waals surface area contributed by atoms with Gasteiger partial charge in [0.05, 0.1) is 0 Å². The molecule has 1 nitrogen and oxygen atoms in total. The Labute approximate surface area is 113 Å². The van der Waals surface area contributed by atoms with E-state index in [4.69, 9.17) is 17.3 Å². The molecule has 0 saturated carbocycles. The molecule has 0 aliphatic carbocycles. The molecule has 2 heteroatoms. The third kappa shape index (κ3) is 2.81. The average molecular weight is 258 g/mol. The van der Waals surface area contributed by atoms with Gasteiger partial charge in [-0.2, -0.15) is 0 Å². The van der Waals surface area contributed by atoms with Gasteiger partial charge in [-0.15, -0.1) is 0 Å². The number of allylic oxidation sites excluding steroid dienone is 1. The summed E-state index contributed by atoms with van der Waals surface area (Å²) in [7, 11) is 0. The predicted octanol–water partition coefficient (Wildman–Crippen LogP) is 4.37. The molecule has 2 N–H and O–H groups in total. The van der Waals surface area contributed by atoms with Crippen LogP contribution in [0.3, 0.4) is 0 Å². The van der Waals surface area contributed by atoms with Crippen LogP contribution < -0.4 is 5.73 Å². The molecule has 0 fully saturated rings. The van der Waals surface area contributed by atoms with Gasteiger partial charge < -0.3 is 5.73 Å². The maximum atomic E-state index is 6.18. The molecule has 18 heavy (non-hydrogen) atoms. The highest BCUT2D eigenvalue weighted by atomic mass is 35.5. The van der Waals surface area contributed by atoms with Crippen molar-refractivity contribution < 1.29 is 0 Å². The van der Waals surface area contributed by atoms with Gasteiger partial charge in [0.25, 0.3) is 0 Å². The SMILES string of the molecule is CC(=CCN)c1ccc(-c2ccccc2Cl)cc1. The van der Waals surface area contributed by atoms with E-state index in [9.17, 15) is 0 Å². The minimum Gasteiger partial charge on any atom is -0.327 e. The van der Waals surface area contributed by atoms with E-state index in [1.807, 2.05) is 30.3 Å². The molecule has 2 aromatic carbocycles.